The molecular weight excluding hydrogens is 256 g/mol. The molecule has 0 aliphatic rings. The maximum atomic E-state index is 11.4. The standard InChI is InChI=1S/C15H14N2O3/c1-3-6-11-7-4-5-8-13(11)20-14-10-16-9-12(17-14)15(18)19-2/h3-10H,1-2H3. The van der Waals surface area contributed by atoms with Gasteiger partial charge in [0, 0.05) is 5.56 Å². The third-order valence-corrected chi connectivity index (χ3v) is 2.49. The van der Waals surface area contributed by atoms with E-state index in [1.54, 1.807) is 0 Å². The Morgan fingerprint density at radius 1 is 1.25 bits per heavy atom. The fourth-order valence-electron chi connectivity index (χ4n) is 1.60. The van der Waals surface area contributed by atoms with E-state index >= 15 is 0 Å². The van der Waals surface area contributed by atoms with Crippen LogP contribution in [-0.2, 0) is 4.74 Å². The van der Waals surface area contributed by atoms with E-state index in [4.69, 9.17) is 4.74 Å². The first kappa shape index (κ1) is 13.7. The van der Waals surface area contributed by atoms with Crippen LogP contribution < -0.4 is 4.74 Å². The molecule has 0 radical (unpaired) electrons. The highest BCUT2D eigenvalue weighted by molar-refractivity contribution is 5.86. The van der Waals surface area contributed by atoms with Crippen LogP contribution in [0.25, 0.3) is 6.08 Å². The number of ether oxygens (including phenoxy) is 2. The summed E-state index contributed by atoms with van der Waals surface area (Å²) < 4.78 is 10.3. The van der Waals surface area contributed by atoms with Crippen molar-refractivity contribution in [3.05, 3.63) is 54.0 Å². The molecule has 0 unspecified atom stereocenters. The van der Waals surface area contributed by atoms with Gasteiger partial charge in [-0.05, 0) is 13.0 Å². The summed E-state index contributed by atoms with van der Waals surface area (Å²) in [6, 6.07) is 7.52. The molecule has 5 nitrogen and oxygen atoms in total. The predicted octanol–water partition coefficient (Wildman–Crippen LogP) is 3.09. The number of benzene rings is 1. The van der Waals surface area contributed by atoms with Gasteiger partial charge in [0.2, 0.25) is 5.88 Å². The van der Waals surface area contributed by atoms with Crippen molar-refractivity contribution >= 4 is 12.0 Å². The van der Waals surface area contributed by atoms with Crippen molar-refractivity contribution in [1.29, 1.82) is 0 Å². The minimum Gasteiger partial charge on any atom is -0.464 e. The van der Waals surface area contributed by atoms with Crippen molar-refractivity contribution in [2.75, 3.05) is 7.11 Å². The minimum absolute atomic E-state index is 0.105. The summed E-state index contributed by atoms with van der Waals surface area (Å²) in [6.45, 7) is 1.93. The first-order valence-corrected chi connectivity index (χ1v) is 6.04. The van der Waals surface area contributed by atoms with Crippen molar-refractivity contribution in [2.45, 2.75) is 6.92 Å². The zero-order valence-corrected chi connectivity index (χ0v) is 11.2. The molecule has 1 aromatic heterocycles. The number of esters is 1. The van der Waals surface area contributed by atoms with Gasteiger partial charge < -0.3 is 9.47 Å². The first-order chi connectivity index (χ1) is 9.74. The molecular formula is C15H14N2O3. The number of para-hydroxylation sites is 1. The van der Waals surface area contributed by atoms with Gasteiger partial charge in [-0.15, -0.1) is 0 Å². The average molecular weight is 270 g/mol. The van der Waals surface area contributed by atoms with Crippen LogP contribution >= 0.6 is 0 Å². The van der Waals surface area contributed by atoms with Gasteiger partial charge in [0.25, 0.3) is 0 Å². The van der Waals surface area contributed by atoms with Crippen LogP contribution in [0.3, 0.4) is 0 Å². The fourth-order valence-corrected chi connectivity index (χ4v) is 1.60. The monoisotopic (exact) mass is 270 g/mol. The Balaban J connectivity index is 2.28. The van der Waals surface area contributed by atoms with Gasteiger partial charge in [-0.1, -0.05) is 30.4 Å². The lowest BCUT2D eigenvalue weighted by molar-refractivity contribution is 0.0592. The van der Waals surface area contributed by atoms with Gasteiger partial charge in [0.1, 0.15) is 5.75 Å². The van der Waals surface area contributed by atoms with Crippen LogP contribution in [0.2, 0.25) is 0 Å². The summed E-state index contributed by atoms with van der Waals surface area (Å²) in [7, 11) is 1.29. The molecule has 102 valence electrons. The molecule has 0 bridgehead atoms. The van der Waals surface area contributed by atoms with Gasteiger partial charge in [0.05, 0.1) is 19.5 Å². The van der Waals surface area contributed by atoms with Gasteiger partial charge in [-0.3, -0.25) is 4.98 Å². The van der Waals surface area contributed by atoms with Crippen molar-refractivity contribution < 1.29 is 14.3 Å². The van der Waals surface area contributed by atoms with Crippen molar-refractivity contribution in [3.8, 4) is 11.6 Å². The van der Waals surface area contributed by atoms with E-state index in [0.717, 1.165) is 5.56 Å². The molecule has 5 heteroatoms. The number of nitrogens with zero attached hydrogens (tertiary/aromatic N) is 2. The molecule has 0 saturated carbocycles. The third kappa shape index (κ3) is 3.20. The Hall–Kier alpha value is -2.69. The second-order valence-electron chi connectivity index (χ2n) is 3.87. The van der Waals surface area contributed by atoms with Gasteiger partial charge in [-0.25, -0.2) is 9.78 Å². The third-order valence-electron chi connectivity index (χ3n) is 2.49. The number of hydrogen-bond donors (Lipinski definition) is 0. The molecule has 0 amide bonds. The SMILES string of the molecule is CC=Cc1ccccc1Oc1cncc(C(=O)OC)n1. The zero-order chi connectivity index (χ0) is 14.4. The molecule has 0 atom stereocenters. The molecule has 20 heavy (non-hydrogen) atoms. The molecule has 0 aliphatic carbocycles. The smallest absolute Gasteiger partial charge is 0.358 e. The Labute approximate surface area is 116 Å². The number of allylic oxidation sites excluding steroid dienone is 1. The van der Waals surface area contributed by atoms with Crippen LogP contribution in [0.5, 0.6) is 11.6 Å². The summed E-state index contributed by atoms with van der Waals surface area (Å²) >= 11 is 0. The molecule has 0 fully saturated rings. The lowest BCUT2D eigenvalue weighted by Crippen LogP contribution is -2.05. The van der Waals surface area contributed by atoms with Crippen molar-refractivity contribution in [2.24, 2.45) is 0 Å². The van der Waals surface area contributed by atoms with E-state index in [1.807, 2.05) is 43.3 Å². The number of aromatic nitrogens is 2. The number of rotatable bonds is 4. The molecule has 2 rings (SSSR count). The number of methoxy groups -OCH3 is 1. The van der Waals surface area contributed by atoms with E-state index in [9.17, 15) is 4.79 Å². The fraction of sp³-hybridized carbons (Fsp3) is 0.133. The first-order valence-electron chi connectivity index (χ1n) is 6.04. The zero-order valence-electron chi connectivity index (χ0n) is 11.2. The van der Waals surface area contributed by atoms with Crippen molar-refractivity contribution in [3.63, 3.8) is 0 Å². The van der Waals surface area contributed by atoms with Crippen LogP contribution in [-0.4, -0.2) is 23.0 Å². The molecule has 1 aromatic carbocycles. The van der Waals surface area contributed by atoms with Crippen LogP contribution in [0.15, 0.2) is 42.7 Å². The lowest BCUT2D eigenvalue weighted by Gasteiger charge is -2.08. The van der Waals surface area contributed by atoms with Crippen LogP contribution in [0.1, 0.15) is 23.0 Å². The van der Waals surface area contributed by atoms with E-state index in [1.165, 1.54) is 19.5 Å². The predicted molar refractivity (Wildman–Crippen MR) is 74.6 cm³/mol. The highest BCUT2D eigenvalue weighted by Gasteiger charge is 2.10. The van der Waals surface area contributed by atoms with Gasteiger partial charge >= 0.3 is 5.97 Å². The Morgan fingerprint density at radius 3 is 2.80 bits per heavy atom. The molecule has 0 aliphatic heterocycles. The minimum atomic E-state index is -0.551. The summed E-state index contributed by atoms with van der Waals surface area (Å²) in [4.78, 5) is 19.4. The summed E-state index contributed by atoms with van der Waals surface area (Å²) in [5.41, 5.74) is 1.02. The Kier molecular flexibility index (Phi) is 4.44. The Bertz CT molecular complexity index is 639. The summed E-state index contributed by atoms with van der Waals surface area (Å²) in [5.74, 6) is 0.330. The number of hydrogen-bond acceptors (Lipinski definition) is 5. The largest absolute Gasteiger partial charge is 0.464 e. The highest BCUT2D eigenvalue weighted by Crippen LogP contribution is 2.24. The van der Waals surface area contributed by atoms with E-state index < -0.39 is 5.97 Å². The summed E-state index contributed by atoms with van der Waals surface area (Å²) in [6.07, 6.45) is 6.61. The number of carbonyl (C=O) groups is 1. The van der Waals surface area contributed by atoms with Crippen molar-refractivity contribution in [1.82, 2.24) is 9.97 Å². The van der Waals surface area contributed by atoms with E-state index in [0.29, 0.717) is 5.75 Å². The second kappa shape index (κ2) is 6.47. The molecule has 0 saturated heterocycles. The molecule has 0 N–H and O–H groups in total. The van der Waals surface area contributed by atoms with E-state index in [2.05, 4.69) is 14.7 Å². The van der Waals surface area contributed by atoms with Crippen LogP contribution in [0.4, 0.5) is 0 Å². The summed E-state index contributed by atoms with van der Waals surface area (Å²) in [5, 5.41) is 0. The quantitative estimate of drug-likeness (QED) is 0.799. The molecule has 2 aromatic rings. The Morgan fingerprint density at radius 2 is 2.05 bits per heavy atom. The lowest BCUT2D eigenvalue weighted by atomic mass is 10.2. The number of carbonyl (C=O) groups excluding carboxylic acids is 1. The normalized spacial score (nSPS) is 10.5. The maximum Gasteiger partial charge on any atom is 0.358 e. The topological polar surface area (TPSA) is 61.3 Å². The van der Waals surface area contributed by atoms with Gasteiger partial charge in [-0.2, -0.15) is 0 Å². The van der Waals surface area contributed by atoms with Crippen LogP contribution in [0, 0.1) is 0 Å². The molecule has 0 spiro atoms. The second-order valence-corrected chi connectivity index (χ2v) is 3.87. The maximum absolute atomic E-state index is 11.4. The van der Waals surface area contributed by atoms with Gasteiger partial charge in [0.15, 0.2) is 5.69 Å². The average Bonchev–Trinajstić information content (AvgIpc) is 2.49. The highest BCUT2D eigenvalue weighted by atomic mass is 16.5. The molecule has 1 heterocycles. The van der Waals surface area contributed by atoms with E-state index in [-0.39, 0.29) is 11.6 Å².